The summed E-state index contributed by atoms with van der Waals surface area (Å²) in [4.78, 5) is 27.5. The molecule has 0 aromatic carbocycles. The smallest absolute Gasteiger partial charge is 0.178 e. The number of anilines is 1. The van der Waals surface area contributed by atoms with Gasteiger partial charge in [0.2, 0.25) is 0 Å². The Bertz CT molecular complexity index is 1030. The van der Waals surface area contributed by atoms with E-state index in [1.165, 1.54) is 6.92 Å². The maximum Gasteiger partial charge on any atom is 0.178 e. The van der Waals surface area contributed by atoms with Crippen molar-refractivity contribution >= 4 is 51.1 Å². The van der Waals surface area contributed by atoms with Gasteiger partial charge in [-0.05, 0) is 36.8 Å². The Hall–Kier alpha value is -2.55. The molecular weight excluding hydrogens is 414 g/mol. The fraction of sp³-hybridized carbons (Fsp3) is 0.273. The number of thiophene rings is 1. The minimum Gasteiger partial charge on any atom is -0.368 e. The van der Waals surface area contributed by atoms with Crippen molar-refractivity contribution in [2.24, 2.45) is 0 Å². The lowest BCUT2D eigenvalue weighted by atomic mass is 10.2. The number of carbonyl (C=O) groups is 1. The molecule has 0 spiro atoms. The Balaban J connectivity index is 0.000000806. The normalized spacial score (nSPS) is 13.9. The number of aromatic nitrogens is 3. The number of rotatable bonds is 5. The topological polar surface area (TPSA) is 71.0 Å². The molecule has 0 aliphatic carbocycles. The second kappa shape index (κ2) is 11.0. The van der Waals surface area contributed by atoms with Gasteiger partial charge in [-0.1, -0.05) is 30.5 Å². The maximum atomic E-state index is 8.81. The first kappa shape index (κ1) is 22.1. The highest BCUT2D eigenvalue weighted by molar-refractivity contribution is 8.10. The number of nitrogens with zero attached hydrogens (tertiary/aromatic N) is 4. The maximum absolute atomic E-state index is 8.81. The molecule has 3 aromatic rings. The molecule has 1 aliphatic heterocycles. The Morgan fingerprint density at radius 1 is 1.30 bits per heavy atom. The number of aldehydes is 1. The summed E-state index contributed by atoms with van der Waals surface area (Å²) in [5.74, 6) is 0. The van der Waals surface area contributed by atoms with E-state index in [9.17, 15) is 0 Å². The van der Waals surface area contributed by atoms with Crippen LogP contribution in [0.3, 0.4) is 0 Å². The number of nitrogens with one attached hydrogen (secondary N) is 1. The quantitative estimate of drug-likeness (QED) is 0.582. The van der Waals surface area contributed by atoms with Crippen LogP contribution in [0.5, 0.6) is 0 Å². The average molecular weight is 440 g/mol. The summed E-state index contributed by atoms with van der Waals surface area (Å²) >= 11 is 3.22. The Morgan fingerprint density at radius 3 is 2.73 bits per heavy atom. The van der Waals surface area contributed by atoms with Crippen LogP contribution in [0, 0.1) is 0 Å². The summed E-state index contributed by atoms with van der Waals surface area (Å²) in [6.07, 6.45) is 4.64. The molecule has 30 heavy (non-hydrogen) atoms. The molecule has 1 saturated heterocycles. The fourth-order valence-electron chi connectivity index (χ4n) is 3.02. The zero-order valence-corrected chi connectivity index (χ0v) is 18.8. The second-order valence-corrected chi connectivity index (χ2v) is 8.37. The molecule has 3 aromatic heterocycles. The van der Waals surface area contributed by atoms with Gasteiger partial charge in [0.05, 0.1) is 16.8 Å². The van der Waals surface area contributed by atoms with Gasteiger partial charge in [0.15, 0.2) is 5.65 Å². The third-order valence-corrected chi connectivity index (χ3v) is 6.12. The highest BCUT2D eigenvalue weighted by atomic mass is 32.2. The van der Waals surface area contributed by atoms with E-state index < -0.39 is 0 Å². The van der Waals surface area contributed by atoms with Crippen molar-refractivity contribution in [3.05, 3.63) is 53.5 Å². The summed E-state index contributed by atoms with van der Waals surface area (Å²) in [7, 11) is 0. The highest BCUT2D eigenvalue weighted by Gasteiger charge is 2.17. The molecule has 0 atom stereocenters. The number of hydrogen-bond acceptors (Lipinski definition) is 8. The lowest BCUT2D eigenvalue weighted by molar-refractivity contribution is -0.106. The van der Waals surface area contributed by atoms with E-state index in [-0.39, 0.29) is 0 Å². The van der Waals surface area contributed by atoms with Crippen LogP contribution in [0.2, 0.25) is 0 Å². The van der Waals surface area contributed by atoms with Crippen LogP contribution < -0.4 is 10.2 Å². The SMILES string of the molecule is C=C(S/C=C\C)c1nc2ncc(N3CCNCC3)cc2nc1-c1cccs1.CC=O. The van der Waals surface area contributed by atoms with Crippen LogP contribution in [0.25, 0.3) is 26.6 Å². The van der Waals surface area contributed by atoms with Crippen LogP contribution in [0.1, 0.15) is 19.5 Å². The second-order valence-electron chi connectivity index (χ2n) is 6.42. The Kier molecular flexibility index (Phi) is 8.12. The van der Waals surface area contributed by atoms with E-state index in [0.717, 1.165) is 64.8 Å². The molecule has 0 saturated carbocycles. The minimum atomic E-state index is 0.659. The molecule has 1 fully saturated rings. The predicted molar refractivity (Wildman–Crippen MR) is 129 cm³/mol. The van der Waals surface area contributed by atoms with Gasteiger partial charge in [0.25, 0.3) is 0 Å². The number of carbonyl (C=O) groups excluding carboxylic acids is 1. The highest BCUT2D eigenvalue weighted by Crippen LogP contribution is 2.35. The Morgan fingerprint density at radius 2 is 2.07 bits per heavy atom. The molecular formula is C22H25N5OS2. The molecule has 0 amide bonds. The zero-order valence-electron chi connectivity index (χ0n) is 17.2. The molecule has 156 valence electrons. The Labute approximate surface area is 185 Å². The molecule has 6 nitrogen and oxygen atoms in total. The third-order valence-electron chi connectivity index (χ3n) is 4.35. The fourth-order valence-corrected chi connectivity index (χ4v) is 4.29. The van der Waals surface area contributed by atoms with Gasteiger partial charge in [0.1, 0.15) is 23.2 Å². The molecule has 0 unspecified atom stereocenters. The third kappa shape index (κ3) is 5.33. The van der Waals surface area contributed by atoms with Crippen molar-refractivity contribution in [2.75, 3.05) is 31.1 Å². The van der Waals surface area contributed by atoms with Gasteiger partial charge in [0, 0.05) is 31.1 Å². The monoisotopic (exact) mass is 439 g/mol. The number of piperazine rings is 1. The van der Waals surface area contributed by atoms with Gasteiger partial charge < -0.3 is 15.0 Å². The summed E-state index contributed by atoms with van der Waals surface area (Å²) in [5, 5.41) is 7.44. The first-order chi connectivity index (χ1) is 14.7. The summed E-state index contributed by atoms with van der Waals surface area (Å²) in [6.45, 7) is 11.6. The summed E-state index contributed by atoms with van der Waals surface area (Å²) < 4.78 is 0. The number of fused-ring (bicyclic) bond motifs is 1. The number of thioether (sulfide) groups is 1. The van der Waals surface area contributed by atoms with Crippen LogP contribution >= 0.6 is 23.1 Å². The van der Waals surface area contributed by atoms with E-state index in [1.807, 2.05) is 30.7 Å². The van der Waals surface area contributed by atoms with Crippen LogP contribution in [-0.2, 0) is 4.79 Å². The van der Waals surface area contributed by atoms with E-state index in [2.05, 4.69) is 39.3 Å². The van der Waals surface area contributed by atoms with Crippen LogP contribution in [0.4, 0.5) is 5.69 Å². The van der Waals surface area contributed by atoms with Crippen molar-refractivity contribution < 1.29 is 4.79 Å². The van der Waals surface area contributed by atoms with E-state index >= 15 is 0 Å². The van der Waals surface area contributed by atoms with Crippen molar-refractivity contribution in [1.82, 2.24) is 20.3 Å². The standard InChI is InChI=1S/C20H21N5S2.C2H4O/c1-3-10-26-14(2)18-19(17-5-4-11-27-17)23-16-12-15(13-22-20(16)24-18)25-8-6-21-7-9-25;1-2-3/h3-5,10-13,21H,2,6-9H2,1H3;2H,1H3/b10-3-;. The zero-order chi connectivity index (χ0) is 21.3. The summed E-state index contributed by atoms with van der Waals surface area (Å²) in [6, 6.07) is 6.21. The largest absolute Gasteiger partial charge is 0.368 e. The van der Waals surface area contributed by atoms with Gasteiger partial charge in [-0.3, -0.25) is 0 Å². The number of allylic oxidation sites excluding steroid dienone is 1. The van der Waals surface area contributed by atoms with Crippen molar-refractivity contribution in [3.63, 3.8) is 0 Å². The van der Waals surface area contributed by atoms with Crippen LogP contribution in [-0.4, -0.2) is 47.4 Å². The summed E-state index contributed by atoms with van der Waals surface area (Å²) in [5.41, 5.74) is 4.26. The molecule has 1 N–H and O–H groups in total. The van der Waals surface area contributed by atoms with Gasteiger partial charge >= 0.3 is 0 Å². The van der Waals surface area contributed by atoms with E-state index in [1.54, 1.807) is 23.1 Å². The van der Waals surface area contributed by atoms with E-state index in [4.69, 9.17) is 14.8 Å². The molecule has 4 rings (SSSR count). The average Bonchev–Trinajstić information content (AvgIpc) is 3.32. The minimum absolute atomic E-state index is 0.659. The predicted octanol–water partition coefficient (Wildman–Crippen LogP) is 4.61. The van der Waals surface area contributed by atoms with E-state index in [0.29, 0.717) is 5.65 Å². The molecule has 8 heteroatoms. The first-order valence-corrected chi connectivity index (χ1v) is 11.5. The van der Waals surface area contributed by atoms with Gasteiger partial charge in [-0.2, -0.15) is 0 Å². The lowest BCUT2D eigenvalue weighted by Crippen LogP contribution is -2.43. The van der Waals surface area contributed by atoms with Crippen molar-refractivity contribution in [3.8, 4) is 10.6 Å². The van der Waals surface area contributed by atoms with Crippen LogP contribution in [0.15, 0.2) is 47.8 Å². The number of hydrogen-bond donors (Lipinski definition) is 1. The molecule has 4 heterocycles. The molecule has 0 radical (unpaired) electrons. The van der Waals surface area contributed by atoms with Crippen molar-refractivity contribution in [2.45, 2.75) is 13.8 Å². The van der Waals surface area contributed by atoms with Gasteiger partial charge in [-0.15, -0.1) is 11.3 Å². The first-order valence-electron chi connectivity index (χ1n) is 9.72. The molecule has 0 bridgehead atoms. The molecule has 1 aliphatic rings. The number of pyridine rings is 1. The lowest BCUT2D eigenvalue weighted by Gasteiger charge is -2.29. The van der Waals surface area contributed by atoms with Gasteiger partial charge in [-0.25, -0.2) is 15.0 Å². The van der Waals surface area contributed by atoms with Crippen molar-refractivity contribution in [1.29, 1.82) is 0 Å².